The van der Waals surface area contributed by atoms with Crippen LogP contribution in [0.1, 0.15) is 43.6 Å². The van der Waals surface area contributed by atoms with Gasteiger partial charge in [-0.1, -0.05) is 19.9 Å². The topological polar surface area (TPSA) is 52.6 Å². The molecule has 4 nitrogen and oxygen atoms in total. The Bertz CT molecular complexity index is 472. The monoisotopic (exact) mass is 292 g/mol. The molecule has 0 aliphatic rings. The maximum atomic E-state index is 12.5. The molecule has 0 aliphatic heterocycles. The molecule has 1 rings (SSSR count). The van der Waals surface area contributed by atoms with Crippen LogP contribution in [-0.4, -0.2) is 41.7 Å². The average Bonchev–Trinajstić information content (AvgIpc) is 2.46. The van der Waals surface area contributed by atoms with Gasteiger partial charge in [0.15, 0.2) is 0 Å². The van der Waals surface area contributed by atoms with E-state index in [2.05, 4.69) is 26.1 Å². The second kappa shape index (κ2) is 8.03. The minimum Gasteiger partial charge on any atom is -0.395 e. The van der Waals surface area contributed by atoms with Crippen molar-refractivity contribution < 1.29 is 9.90 Å². The highest BCUT2D eigenvalue weighted by atomic mass is 16.3. The second-order valence-electron chi connectivity index (χ2n) is 5.76. The largest absolute Gasteiger partial charge is 0.395 e. The fraction of sp³-hybridized carbons (Fsp3) is 0.588. The lowest BCUT2D eigenvalue weighted by molar-refractivity contribution is 0.0731. The Morgan fingerprint density at radius 2 is 2.00 bits per heavy atom. The Hall–Kier alpha value is -1.55. The number of benzene rings is 1. The van der Waals surface area contributed by atoms with Crippen LogP contribution in [0.2, 0.25) is 0 Å². The van der Waals surface area contributed by atoms with Crippen molar-refractivity contribution in [2.75, 3.05) is 25.0 Å². The molecule has 0 fully saturated rings. The Labute approximate surface area is 128 Å². The zero-order chi connectivity index (χ0) is 16.0. The molecule has 1 atom stereocenters. The number of hydrogen-bond donors (Lipinski definition) is 2. The number of hydrogen-bond acceptors (Lipinski definition) is 3. The number of carbonyl (C=O) groups excluding carboxylic acids is 1. The van der Waals surface area contributed by atoms with Crippen LogP contribution in [0.5, 0.6) is 0 Å². The summed E-state index contributed by atoms with van der Waals surface area (Å²) in [4.78, 5) is 14.2. The molecule has 1 aromatic rings. The molecule has 4 heteroatoms. The summed E-state index contributed by atoms with van der Waals surface area (Å²) >= 11 is 0. The Kier molecular flexibility index (Phi) is 6.69. The Balaban J connectivity index is 3.02. The van der Waals surface area contributed by atoms with E-state index in [-0.39, 0.29) is 12.5 Å². The van der Waals surface area contributed by atoms with Crippen molar-refractivity contribution in [3.8, 4) is 0 Å². The number of anilines is 1. The molecule has 21 heavy (non-hydrogen) atoms. The fourth-order valence-corrected chi connectivity index (χ4v) is 2.13. The van der Waals surface area contributed by atoms with Gasteiger partial charge in [0.05, 0.1) is 6.61 Å². The highest BCUT2D eigenvalue weighted by molar-refractivity contribution is 5.97. The first-order valence-electron chi connectivity index (χ1n) is 7.68. The zero-order valence-corrected chi connectivity index (χ0v) is 13.8. The maximum Gasteiger partial charge on any atom is 0.254 e. The van der Waals surface area contributed by atoms with Gasteiger partial charge in [0.25, 0.3) is 5.91 Å². The van der Waals surface area contributed by atoms with Crippen LogP contribution in [0, 0.1) is 12.8 Å². The van der Waals surface area contributed by atoms with Crippen LogP contribution in [0.25, 0.3) is 0 Å². The van der Waals surface area contributed by atoms with Crippen molar-refractivity contribution in [2.45, 2.75) is 40.7 Å². The van der Waals surface area contributed by atoms with Gasteiger partial charge in [-0.05, 0) is 44.4 Å². The summed E-state index contributed by atoms with van der Waals surface area (Å²) in [7, 11) is 0. The summed E-state index contributed by atoms with van der Waals surface area (Å²) in [5.41, 5.74) is 2.67. The SMILES string of the molecule is CCN(CCO)C(=O)c1cccc(NC(C)C(C)C)c1C. The average molecular weight is 292 g/mol. The normalized spacial score (nSPS) is 12.3. The molecular formula is C17H28N2O2. The highest BCUT2D eigenvalue weighted by Crippen LogP contribution is 2.22. The van der Waals surface area contributed by atoms with E-state index in [1.165, 1.54) is 0 Å². The third kappa shape index (κ3) is 4.46. The van der Waals surface area contributed by atoms with Crippen LogP contribution in [0.4, 0.5) is 5.69 Å². The number of aliphatic hydroxyl groups excluding tert-OH is 1. The molecule has 0 heterocycles. The molecule has 0 bridgehead atoms. The molecule has 0 aromatic heterocycles. The molecule has 0 radical (unpaired) electrons. The first-order valence-corrected chi connectivity index (χ1v) is 7.68. The number of nitrogens with zero attached hydrogens (tertiary/aromatic N) is 1. The molecule has 118 valence electrons. The zero-order valence-electron chi connectivity index (χ0n) is 13.8. The van der Waals surface area contributed by atoms with E-state index in [0.717, 1.165) is 11.3 Å². The molecule has 0 aliphatic carbocycles. The summed E-state index contributed by atoms with van der Waals surface area (Å²) in [6, 6.07) is 6.10. The van der Waals surface area contributed by atoms with Crippen LogP contribution in [0.15, 0.2) is 18.2 Å². The van der Waals surface area contributed by atoms with Crippen molar-refractivity contribution in [1.29, 1.82) is 0 Å². The van der Waals surface area contributed by atoms with Crippen LogP contribution < -0.4 is 5.32 Å². The molecule has 1 unspecified atom stereocenters. The molecule has 2 N–H and O–H groups in total. The minimum absolute atomic E-state index is 0.0129. The molecule has 1 aromatic carbocycles. The van der Waals surface area contributed by atoms with Gasteiger partial charge >= 0.3 is 0 Å². The summed E-state index contributed by atoms with van der Waals surface area (Å²) in [5, 5.41) is 12.5. The quantitative estimate of drug-likeness (QED) is 0.812. The first kappa shape index (κ1) is 17.5. The van der Waals surface area contributed by atoms with Gasteiger partial charge in [0.1, 0.15) is 0 Å². The standard InChI is InChI=1S/C17H28N2O2/c1-6-19(10-11-20)17(21)15-8-7-9-16(13(15)4)18-14(5)12(2)3/h7-9,12,14,18,20H,6,10-11H2,1-5H3. The number of aliphatic hydroxyl groups is 1. The third-order valence-electron chi connectivity index (χ3n) is 3.99. The van der Waals surface area contributed by atoms with Crippen LogP contribution >= 0.6 is 0 Å². The van der Waals surface area contributed by atoms with E-state index in [4.69, 9.17) is 5.11 Å². The van der Waals surface area contributed by atoms with Gasteiger partial charge < -0.3 is 15.3 Å². The minimum atomic E-state index is -0.0232. The molecule has 0 saturated heterocycles. The smallest absolute Gasteiger partial charge is 0.254 e. The van der Waals surface area contributed by atoms with Gasteiger partial charge in [-0.3, -0.25) is 4.79 Å². The van der Waals surface area contributed by atoms with Crippen molar-refractivity contribution in [1.82, 2.24) is 4.90 Å². The third-order valence-corrected chi connectivity index (χ3v) is 3.99. The lowest BCUT2D eigenvalue weighted by atomic mass is 10.0. The number of carbonyl (C=O) groups is 1. The Morgan fingerprint density at radius 3 is 2.52 bits per heavy atom. The number of amides is 1. The van der Waals surface area contributed by atoms with Crippen molar-refractivity contribution >= 4 is 11.6 Å². The highest BCUT2D eigenvalue weighted by Gasteiger charge is 2.18. The van der Waals surface area contributed by atoms with Gasteiger partial charge in [-0.15, -0.1) is 0 Å². The van der Waals surface area contributed by atoms with E-state index < -0.39 is 0 Å². The van der Waals surface area contributed by atoms with E-state index >= 15 is 0 Å². The van der Waals surface area contributed by atoms with E-state index in [9.17, 15) is 4.79 Å². The number of rotatable bonds is 7. The van der Waals surface area contributed by atoms with Crippen molar-refractivity contribution in [2.24, 2.45) is 5.92 Å². The molecule has 0 saturated carbocycles. The number of nitrogens with one attached hydrogen (secondary N) is 1. The Morgan fingerprint density at radius 1 is 1.33 bits per heavy atom. The predicted octanol–water partition coefficient (Wildman–Crippen LogP) is 2.91. The summed E-state index contributed by atoms with van der Waals surface area (Å²) in [5.74, 6) is 0.496. The lowest BCUT2D eigenvalue weighted by Crippen LogP contribution is -2.34. The molecule has 0 spiro atoms. The van der Waals surface area contributed by atoms with Gasteiger partial charge in [0, 0.05) is 30.4 Å². The lowest BCUT2D eigenvalue weighted by Gasteiger charge is -2.24. The van der Waals surface area contributed by atoms with E-state index in [1.54, 1.807) is 4.90 Å². The molecular weight excluding hydrogens is 264 g/mol. The van der Waals surface area contributed by atoms with Crippen molar-refractivity contribution in [3.05, 3.63) is 29.3 Å². The predicted molar refractivity (Wildman–Crippen MR) is 87.8 cm³/mol. The maximum absolute atomic E-state index is 12.5. The van der Waals surface area contributed by atoms with Crippen LogP contribution in [0.3, 0.4) is 0 Å². The van der Waals surface area contributed by atoms with Gasteiger partial charge in [-0.2, -0.15) is 0 Å². The van der Waals surface area contributed by atoms with Gasteiger partial charge in [0.2, 0.25) is 0 Å². The van der Waals surface area contributed by atoms with E-state index in [0.29, 0.717) is 30.6 Å². The molecule has 1 amide bonds. The number of likely N-dealkylation sites (N-methyl/N-ethyl adjacent to an activating group) is 1. The summed E-state index contributed by atoms with van der Waals surface area (Å²) < 4.78 is 0. The second-order valence-corrected chi connectivity index (χ2v) is 5.76. The first-order chi connectivity index (χ1) is 9.92. The summed E-state index contributed by atoms with van der Waals surface area (Å²) in [6.45, 7) is 11.3. The fourth-order valence-electron chi connectivity index (χ4n) is 2.13. The van der Waals surface area contributed by atoms with E-state index in [1.807, 2.05) is 32.0 Å². The van der Waals surface area contributed by atoms with Crippen molar-refractivity contribution in [3.63, 3.8) is 0 Å². The van der Waals surface area contributed by atoms with Gasteiger partial charge in [-0.25, -0.2) is 0 Å². The summed E-state index contributed by atoms with van der Waals surface area (Å²) in [6.07, 6.45) is 0. The van der Waals surface area contributed by atoms with Crippen LogP contribution in [-0.2, 0) is 0 Å².